The Labute approximate surface area is 131 Å². The number of benzene rings is 2. The van der Waals surface area contributed by atoms with Crippen molar-refractivity contribution in [1.29, 1.82) is 0 Å². The summed E-state index contributed by atoms with van der Waals surface area (Å²) in [6, 6.07) is 12.6. The van der Waals surface area contributed by atoms with Crippen LogP contribution in [0.4, 0.5) is 0 Å². The molecule has 0 aromatic heterocycles. The van der Waals surface area contributed by atoms with Crippen molar-refractivity contribution in [3.8, 4) is 12.3 Å². The lowest BCUT2D eigenvalue weighted by atomic mass is 10.0. The Hall–Kier alpha value is -2.09. The van der Waals surface area contributed by atoms with E-state index in [1.54, 1.807) is 12.1 Å². The van der Waals surface area contributed by atoms with Crippen molar-refractivity contribution in [3.05, 3.63) is 64.7 Å². The van der Waals surface area contributed by atoms with Crippen molar-refractivity contribution < 1.29 is 8.42 Å². The van der Waals surface area contributed by atoms with Gasteiger partial charge in [0.15, 0.2) is 0 Å². The third-order valence-electron chi connectivity index (χ3n) is 3.92. The minimum Gasteiger partial charge on any atom is -0.207 e. The van der Waals surface area contributed by atoms with Crippen molar-refractivity contribution in [2.24, 2.45) is 0 Å². The second kappa shape index (κ2) is 5.28. The molecule has 4 heteroatoms. The highest BCUT2D eigenvalue weighted by Crippen LogP contribution is 2.41. The number of sulfonamides is 1. The van der Waals surface area contributed by atoms with Crippen LogP contribution in [0.15, 0.2) is 47.4 Å². The summed E-state index contributed by atoms with van der Waals surface area (Å²) in [5.74, 6) is 2.64. The summed E-state index contributed by atoms with van der Waals surface area (Å²) in [5.41, 5.74) is 3.79. The number of terminal acetylenes is 1. The molecule has 3 rings (SSSR count). The quantitative estimate of drug-likeness (QED) is 0.645. The lowest BCUT2D eigenvalue weighted by Crippen LogP contribution is -2.13. The van der Waals surface area contributed by atoms with Gasteiger partial charge in [-0.3, -0.25) is 0 Å². The highest BCUT2D eigenvalue weighted by Gasteiger charge is 2.46. The molecule has 2 aromatic rings. The first-order valence-electron chi connectivity index (χ1n) is 7.09. The van der Waals surface area contributed by atoms with Crippen LogP contribution >= 0.6 is 0 Å². The molecule has 3 nitrogen and oxygen atoms in total. The monoisotopic (exact) mass is 311 g/mol. The number of aryl methyl sites for hydroxylation is 2. The molecule has 0 bridgehead atoms. The van der Waals surface area contributed by atoms with Gasteiger partial charge in [0.05, 0.1) is 10.9 Å². The summed E-state index contributed by atoms with van der Waals surface area (Å²) in [7, 11) is -3.45. The molecule has 1 heterocycles. The van der Waals surface area contributed by atoms with Crippen LogP contribution in [-0.2, 0) is 10.0 Å². The van der Waals surface area contributed by atoms with E-state index >= 15 is 0 Å². The summed E-state index contributed by atoms with van der Waals surface area (Å²) >= 11 is 0. The van der Waals surface area contributed by atoms with Gasteiger partial charge in [0.2, 0.25) is 10.0 Å². The van der Waals surface area contributed by atoms with Crippen LogP contribution < -0.4 is 0 Å². The molecule has 1 aliphatic heterocycles. The lowest BCUT2D eigenvalue weighted by Gasteiger charge is -2.09. The summed E-state index contributed by atoms with van der Waals surface area (Å²) < 4.78 is 26.8. The van der Waals surface area contributed by atoms with Crippen molar-refractivity contribution in [2.45, 2.75) is 24.8 Å². The van der Waals surface area contributed by atoms with Gasteiger partial charge in [-0.25, -0.2) is 8.42 Å². The molecule has 22 heavy (non-hydrogen) atoms. The molecule has 0 N–H and O–H groups in total. The predicted molar refractivity (Wildman–Crippen MR) is 86.9 cm³/mol. The van der Waals surface area contributed by atoms with Crippen LogP contribution in [-0.4, -0.2) is 19.3 Å². The van der Waals surface area contributed by atoms with E-state index in [0.717, 1.165) is 22.3 Å². The molecule has 2 aromatic carbocycles. The zero-order valence-corrected chi connectivity index (χ0v) is 13.4. The van der Waals surface area contributed by atoms with Crippen LogP contribution in [0, 0.1) is 26.2 Å². The second-order valence-electron chi connectivity index (χ2n) is 5.64. The fourth-order valence-electron chi connectivity index (χ4n) is 2.58. The maximum absolute atomic E-state index is 12.6. The second-order valence-corrected chi connectivity index (χ2v) is 7.53. The van der Waals surface area contributed by atoms with Gasteiger partial charge >= 0.3 is 0 Å². The fourth-order valence-corrected chi connectivity index (χ4v) is 4.11. The molecule has 2 unspecified atom stereocenters. The fraction of sp³-hybridized carbons (Fsp3) is 0.222. The average Bonchev–Trinajstić information content (AvgIpc) is 3.28. The highest BCUT2D eigenvalue weighted by atomic mass is 32.2. The Morgan fingerprint density at radius 2 is 1.73 bits per heavy atom. The Morgan fingerprint density at radius 1 is 1.09 bits per heavy atom. The molecule has 0 amide bonds. The van der Waals surface area contributed by atoms with Gasteiger partial charge in [-0.05, 0) is 37.6 Å². The van der Waals surface area contributed by atoms with Crippen molar-refractivity contribution >= 4 is 10.0 Å². The standard InChI is InChI=1S/C18H17NO2S/c1-4-15-8-5-14(3)11-17(15)18-12-19(18)22(20,21)16-9-6-13(2)7-10-16/h1,5-11,18H,12H2,2-3H3. The molecule has 1 fully saturated rings. The number of rotatable bonds is 3. The molecule has 112 valence electrons. The molecule has 0 saturated carbocycles. The number of nitrogens with zero attached hydrogens (tertiary/aromatic N) is 1. The number of hydrogen-bond donors (Lipinski definition) is 0. The van der Waals surface area contributed by atoms with E-state index in [4.69, 9.17) is 6.42 Å². The smallest absolute Gasteiger partial charge is 0.207 e. The molecular formula is C18H17NO2S. The maximum atomic E-state index is 12.6. The van der Waals surface area contributed by atoms with Crippen LogP contribution in [0.25, 0.3) is 0 Å². The normalized spacial score (nSPS) is 20.4. The van der Waals surface area contributed by atoms with Gasteiger partial charge in [-0.1, -0.05) is 41.3 Å². The SMILES string of the molecule is C#Cc1ccc(C)cc1C1CN1S(=O)(=O)c1ccc(C)cc1. The van der Waals surface area contributed by atoms with Crippen LogP contribution in [0.2, 0.25) is 0 Å². The Bertz CT molecular complexity index is 861. The van der Waals surface area contributed by atoms with Crippen molar-refractivity contribution in [3.63, 3.8) is 0 Å². The number of hydrogen-bond acceptors (Lipinski definition) is 2. The van der Waals surface area contributed by atoms with Gasteiger partial charge in [0.1, 0.15) is 0 Å². The van der Waals surface area contributed by atoms with Gasteiger partial charge in [-0.15, -0.1) is 6.42 Å². The Morgan fingerprint density at radius 3 is 2.36 bits per heavy atom. The third-order valence-corrected chi connectivity index (χ3v) is 5.80. The minimum atomic E-state index is -3.45. The summed E-state index contributed by atoms with van der Waals surface area (Å²) in [5, 5.41) is 0. The van der Waals surface area contributed by atoms with Crippen LogP contribution in [0.3, 0.4) is 0 Å². The molecular weight excluding hydrogens is 294 g/mol. The lowest BCUT2D eigenvalue weighted by molar-refractivity contribution is 0.554. The topological polar surface area (TPSA) is 37.1 Å². The van der Waals surface area contributed by atoms with E-state index in [1.165, 1.54) is 4.31 Å². The van der Waals surface area contributed by atoms with E-state index < -0.39 is 10.0 Å². The summed E-state index contributed by atoms with van der Waals surface area (Å²) in [6.07, 6.45) is 5.53. The zero-order valence-electron chi connectivity index (χ0n) is 12.6. The molecule has 2 atom stereocenters. The molecule has 0 spiro atoms. The van der Waals surface area contributed by atoms with E-state index in [2.05, 4.69) is 5.92 Å². The highest BCUT2D eigenvalue weighted by molar-refractivity contribution is 7.89. The van der Waals surface area contributed by atoms with Crippen molar-refractivity contribution in [2.75, 3.05) is 6.54 Å². The molecule has 0 radical (unpaired) electrons. The van der Waals surface area contributed by atoms with E-state index in [1.807, 2.05) is 44.2 Å². The molecule has 0 aliphatic carbocycles. The van der Waals surface area contributed by atoms with Crippen LogP contribution in [0.1, 0.15) is 28.3 Å². The molecule has 1 saturated heterocycles. The predicted octanol–water partition coefficient (Wildman–Crippen LogP) is 3.03. The average molecular weight is 311 g/mol. The van der Waals surface area contributed by atoms with Gasteiger partial charge in [0, 0.05) is 12.1 Å². The maximum Gasteiger partial charge on any atom is 0.243 e. The van der Waals surface area contributed by atoms with E-state index in [9.17, 15) is 8.42 Å². The first-order chi connectivity index (χ1) is 10.4. The van der Waals surface area contributed by atoms with E-state index in [-0.39, 0.29) is 6.04 Å². The first-order valence-corrected chi connectivity index (χ1v) is 8.53. The first kappa shape index (κ1) is 14.8. The van der Waals surface area contributed by atoms with Gasteiger partial charge in [-0.2, -0.15) is 4.31 Å². The van der Waals surface area contributed by atoms with Crippen LogP contribution in [0.5, 0.6) is 0 Å². The zero-order chi connectivity index (χ0) is 15.9. The third kappa shape index (κ3) is 2.54. The summed E-state index contributed by atoms with van der Waals surface area (Å²) in [6.45, 7) is 4.39. The van der Waals surface area contributed by atoms with Gasteiger partial charge in [0.25, 0.3) is 0 Å². The Kier molecular flexibility index (Phi) is 3.56. The van der Waals surface area contributed by atoms with E-state index in [0.29, 0.717) is 11.4 Å². The summed E-state index contributed by atoms with van der Waals surface area (Å²) in [4.78, 5) is 0.329. The minimum absolute atomic E-state index is 0.155. The van der Waals surface area contributed by atoms with Crippen molar-refractivity contribution in [1.82, 2.24) is 4.31 Å². The molecule has 1 aliphatic rings. The Balaban J connectivity index is 1.93. The van der Waals surface area contributed by atoms with Gasteiger partial charge < -0.3 is 0 Å². The largest absolute Gasteiger partial charge is 0.243 e.